The van der Waals surface area contributed by atoms with E-state index < -0.39 is 0 Å². The molecule has 0 aliphatic heterocycles. The van der Waals surface area contributed by atoms with Crippen LogP contribution in [0.15, 0.2) is 53.7 Å². The van der Waals surface area contributed by atoms with Gasteiger partial charge in [0.15, 0.2) is 11.0 Å². The second-order valence-electron chi connectivity index (χ2n) is 6.71. The number of benzene rings is 2. The summed E-state index contributed by atoms with van der Waals surface area (Å²) < 4.78 is 8.20. The molecule has 0 atom stereocenters. The van der Waals surface area contributed by atoms with Crippen molar-refractivity contribution < 1.29 is 9.84 Å². The predicted molar refractivity (Wildman–Crippen MR) is 113 cm³/mol. The molecule has 1 N–H and O–H groups in total. The van der Waals surface area contributed by atoms with E-state index in [1.54, 1.807) is 11.8 Å². The summed E-state index contributed by atoms with van der Waals surface area (Å²) in [7, 11) is 0. The molecule has 148 valence electrons. The van der Waals surface area contributed by atoms with Crippen LogP contribution in [0.2, 0.25) is 0 Å². The lowest BCUT2D eigenvalue weighted by Crippen LogP contribution is -2.07. The molecule has 0 bridgehead atoms. The highest BCUT2D eigenvalue weighted by Crippen LogP contribution is 2.26. The highest BCUT2D eigenvalue weighted by Gasteiger charge is 2.15. The van der Waals surface area contributed by atoms with Crippen LogP contribution in [-0.4, -0.2) is 32.2 Å². The Hall–Kier alpha value is -2.31. The number of hydrogen-bond acceptors (Lipinski definition) is 5. The molecule has 2 aromatic carbocycles. The lowest BCUT2D eigenvalue weighted by molar-refractivity contribution is 0.284. The number of aliphatic hydroxyl groups excluding tert-OH is 1. The number of hydrogen-bond donors (Lipinski definition) is 1. The van der Waals surface area contributed by atoms with Crippen molar-refractivity contribution in [3.8, 4) is 11.4 Å². The molecule has 1 heterocycles. The molecule has 0 radical (unpaired) electrons. The van der Waals surface area contributed by atoms with Gasteiger partial charge in [0.25, 0.3) is 0 Å². The van der Waals surface area contributed by atoms with Crippen molar-refractivity contribution in [2.45, 2.75) is 44.9 Å². The van der Waals surface area contributed by atoms with E-state index in [-0.39, 0.29) is 6.61 Å². The number of ether oxygens (including phenoxy) is 1. The van der Waals surface area contributed by atoms with Gasteiger partial charge >= 0.3 is 0 Å². The fourth-order valence-corrected chi connectivity index (χ4v) is 4.01. The summed E-state index contributed by atoms with van der Waals surface area (Å²) in [6.45, 7) is 4.72. The average Bonchev–Trinajstić information content (AvgIpc) is 3.11. The lowest BCUT2D eigenvalue weighted by Gasteiger charge is -2.13. The van der Waals surface area contributed by atoms with Gasteiger partial charge in [0.2, 0.25) is 0 Å². The molecule has 1 aromatic heterocycles. The fourth-order valence-electron chi connectivity index (χ4n) is 3.04. The first-order chi connectivity index (χ1) is 13.7. The molecule has 5 nitrogen and oxygen atoms in total. The van der Waals surface area contributed by atoms with Crippen LogP contribution >= 0.6 is 11.8 Å². The van der Waals surface area contributed by atoms with Gasteiger partial charge in [-0.25, -0.2) is 0 Å². The van der Waals surface area contributed by atoms with Gasteiger partial charge in [-0.3, -0.25) is 4.57 Å². The van der Waals surface area contributed by atoms with E-state index in [1.165, 1.54) is 0 Å². The molecule has 0 aliphatic rings. The molecule has 3 rings (SSSR count). The summed E-state index contributed by atoms with van der Waals surface area (Å²) in [5.41, 5.74) is 3.26. The Morgan fingerprint density at radius 1 is 0.929 bits per heavy atom. The van der Waals surface area contributed by atoms with Gasteiger partial charge < -0.3 is 9.84 Å². The third-order valence-electron chi connectivity index (χ3n) is 4.50. The third-order valence-corrected chi connectivity index (χ3v) is 5.52. The first-order valence-electron chi connectivity index (χ1n) is 9.63. The number of aryl methyl sites for hydroxylation is 2. The summed E-state index contributed by atoms with van der Waals surface area (Å²) in [6.07, 6.45) is 2.91. The standard InChI is InChI=1S/C22H27N3O2S/c1-17-10-9-11-18(2)21(17)27-16-20-23-24-22(28-15-8-4-7-14-26)25(20)19-12-5-3-6-13-19/h3,5-6,9-13,26H,4,7-8,14-16H2,1-2H3. The van der Waals surface area contributed by atoms with Gasteiger partial charge in [0.1, 0.15) is 12.4 Å². The minimum Gasteiger partial charge on any atom is -0.485 e. The maximum absolute atomic E-state index is 8.92. The molecule has 0 spiro atoms. The van der Waals surface area contributed by atoms with Crippen LogP contribution in [0.5, 0.6) is 5.75 Å². The number of unbranched alkanes of at least 4 members (excludes halogenated alkanes) is 2. The lowest BCUT2D eigenvalue weighted by atomic mass is 10.1. The number of rotatable bonds is 10. The van der Waals surface area contributed by atoms with Crippen molar-refractivity contribution in [1.29, 1.82) is 0 Å². The first kappa shape index (κ1) is 20.4. The third kappa shape index (κ3) is 5.14. The van der Waals surface area contributed by atoms with Crippen molar-refractivity contribution in [2.75, 3.05) is 12.4 Å². The van der Waals surface area contributed by atoms with Crippen molar-refractivity contribution in [2.24, 2.45) is 0 Å². The van der Waals surface area contributed by atoms with Crippen LogP contribution in [0.4, 0.5) is 0 Å². The van der Waals surface area contributed by atoms with Crippen molar-refractivity contribution in [3.05, 3.63) is 65.5 Å². The second-order valence-corrected chi connectivity index (χ2v) is 7.77. The van der Waals surface area contributed by atoms with E-state index in [0.29, 0.717) is 6.61 Å². The van der Waals surface area contributed by atoms with Crippen molar-refractivity contribution >= 4 is 11.8 Å². The monoisotopic (exact) mass is 397 g/mol. The molecule has 0 aliphatic carbocycles. The van der Waals surface area contributed by atoms with E-state index in [4.69, 9.17) is 9.84 Å². The molecular formula is C22H27N3O2S. The summed E-state index contributed by atoms with van der Waals surface area (Å²) in [5, 5.41) is 18.6. The molecule has 0 fully saturated rings. The average molecular weight is 398 g/mol. The smallest absolute Gasteiger partial charge is 0.195 e. The maximum atomic E-state index is 8.92. The topological polar surface area (TPSA) is 60.2 Å². The zero-order chi connectivity index (χ0) is 19.8. The Bertz CT molecular complexity index is 860. The predicted octanol–water partition coefficient (Wildman–Crippen LogP) is 4.72. The largest absolute Gasteiger partial charge is 0.485 e. The van der Waals surface area contributed by atoms with Crippen molar-refractivity contribution in [3.63, 3.8) is 0 Å². The summed E-state index contributed by atoms with van der Waals surface area (Å²) >= 11 is 1.69. The van der Waals surface area contributed by atoms with Gasteiger partial charge in [0.05, 0.1) is 0 Å². The number of thioether (sulfide) groups is 1. The van der Waals surface area contributed by atoms with E-state index in [1.807, 2.05) is 24.3 Å². The van der Waals surface area contributed by atoms with E-state index in [0.717, 1.165) is 58.6 Å². The zero-order valence-corrected chi connectivity index (χ0v) is 17.3. The Morgan fingerprint density at radius 3 is 2.39 bits per heavy atom. The Balaban J connectivity index is 1.78. The SMILES string of the molecule is Cc1cccc(C)c1OCc1nnc(SCCCCCO)n1-c1ccccc1. The highest BCUT2D eigenvalue weighted by atomic mass is 32.2. The molecule has 0 unspecified atom stereocenters. The zero-order valence-electron chi connectivity index (χ0n) is 16.5. The highest BCUT2D eigenvalue weighted by molar-refractivity contribution is 7.99. The van der Waals surface area contributed by atoms with Gasteiger partial charge in [0, 0.05) is 18.0 Å². The van der Waals surface area contributed by atoms with E-state index in [9.17, 15) is 0 Å². The summed E-state index contributed by atoms with van der Waals surface area (Å²) in [4.78, 5) is 0. The van der Waals surface area contributed by atoms with Gasteiger partial charge in [-0.05, 0) is 49.9 Å². The Labute approximate surface area is 170 Å². The van der Waals surface area contributed by atoms with Crippen LogP contribution in [0.25, 0.3) is 5.69 Å². The molecular weight excluding hydrogens is 370 g/mol. The molecule has 3 aromatic rings. The van der Waals surface area contributed by atoms with Crippen LogP contribution in [0.3, 0.4) is 0 Å². The fraction of sp³-hybridized carbons (Fsp3) is 0.364. The number of aromatic nitrogens is 3. The minimum atomic E-state index is 0.255. The minimum absolute atomic E-state index is 0.255. The molecule has 0 saturated heterocycles. The van der Waals surface area contributed by atoms with Crippen LogP contribution in [0, 0.1) is 13.8 Å². The first-order valence-corrected chi connectivity index (χ1v) is 10.6. The number of nitrogens with zero attached hydrogens (tertiary/aromatic N) is 3. The second kappa shape index (κ2) is 10.3. The van der Waals surface area contributed by atoms with E-state index >= 15 is 0 Å². The summed E-state index contributed by atoms with van der Waals surface area (Å²) in [6, 6.07) is 16.3. The molecule has 0 saturated carbocycles. The van der Waals surface area contributed by atoms with Crippen LogP contribution in [-0.2, 0) is 6.61 Å². The van der Waals surface area contributed by atoms with E-state index in [2.05, 4.69) is 52.9 Å². The number of para-hydroxylation sites is 2. The van der Waals surface area contributed by atoms with Crippen LogP contribution in [0.1, 0.15) is 36.2 Å². The van der Waals surface area contributed by atoms with Crippen molar-refractivity contribution in [1.82, 2.24) is 14.8 Å². The summed E-state index contributed by atoms with van der Waals surface area (Å²) in [5.74, 6) is 2.64. The normalized spacial score (nSPS) is 11.0. The quantitative estimate of drug-likeness (QED) is 0.396. The Morgan fingerprint density at radius 2 is 1.68 bits per heavy atom. The molecule has 0 amide bonds. The Kier molecular flexibility index (Phi) is 7.51. The van der Waals surface area contributed by atoms with Gasteiger partial charge in [-0.1, -0.05) is 54.6 Å². The molecule has 28 heavy (non-hydrogen) atoms. The van der Waals surface area contributed by atoms with Gasteiger partial charge in [-0.15, -0.1) is 10.2 Å². The van der Waals surface area contributed by atoms with Gasteiger partial charge in [-0.2, -0.15) is 0 Å². The molecule has 6 heteroatoms. The number of aliphatic hydroxyl groups is 1. The van der Waals surface area contributed by atoms with Crippen LogP contribution < -0.4 is 4.74 Å². The maximum Gasteiger partial charge on any atom is 0.195 e.